The molecule has 2 rings (SSSR count). The highest BCUT2D eigenvalue weighted by atomic mass is 32.2. The Bertz CT molecular complexity index is 603. The first-order valence-electron chi connectivity index (χ1n) is 7.75. The molecule has 3 nitrogen and oxygen atoms in total. The number of carbonyl (C=O) groups excluding carboxylic acids is 1. The lowest BCUT2D eigenvalue weighted by molar-refractivity contribution is -0.109. The van der Waals surface area contributed by atoms with Crippen LogP contribution in [0.3, 0.4) is 0 Å². The SMILES string of the molecule is CC(=O)SC[C@H](N[C@@H](C)c1ccccc1)[C@H](O)c1ccccc1. The first-order valence-corrected chi connectivity index (χ1v) is 8.74. The van der Waals surface area contributed by atoms with Crippen LogP contribution < -0.4 is 5.32 Å². The average molecular weight is 329 g/mol. The van der Waals surface area contributed by atoms with Crippen LogP contribution in [-0.4, -0.2) is 22.0 Å². The molecule has 0 aliphatic rings. The first kappa shape index (κ1) is 17.7. The molecule has 0 saturated carbocycles. The summed E-state index contributed by atoms with van der Waals surface area (Å²) in [5.41, 5.74) is 2.01. The molecule has 0 saturated heterocycles. The Balaban J connectivity index is 2.11. The molecule has 23 heavy (non-hydrogen) atoms. The van der Waals surface area contributed by atoms with Gasteiger partial charge in [0.25, 0.3) is 0 Å². The Morgan fingerprint density at radius 2 is 1.57 bits per heavy atom. The molecule has 0 aliphatic carbocycles. The minimum absolute atomic E-state index is 0.0597. The van der Waals surface area contributed by atoms with E-state index in [-0.39, 0.29) is 17.2 Å². The predicted molar refractivity (Wildman–Crippen MR) is 96.3 cm³/mol. The largest absolute Gasteiger partial charge is 0.387 e. The minimum Gasteiger partial charge on any atom is -0.387 e. The van der Waals surface area contributed by atoms with Crippen LogP contribution in [0.5, 0.6) is 0 Å². The molecule has 0 aromatic heterocycles. The van der Waals surface area contributed by atoms with Crippen molar-refractivity contribution in [3.63, 3.8) is 0 Å². The van der Waals surface area contributed by atoms with E-state index in [0.717, 1.165) is 11.1 Å². The zero-order chi connectivity index (χ0) is 16.7. The van der Waals surface area contributed by atoms with Gasteiger partial charge in [-0.3, -0.25) is 4.79 Å². The van der Waals surface area contributed by atoms with Crippen LogP contribution in [0.15, 0.2) is 60.7 Å². The second-order valence-corrected chi connectivity index (χ2v) is 6.76. The number of aliphatic hydroxyl groups excluding tert-OH is 1. The van der Waals surface area contributed by atoms with Crippen LogP contribution in [-0.2, 0) is 4.79 Å². The van der Waals surface area contributed by atoms with Crippen molar-refractivity contribution in [2.75, 3.05) is 5.75 Å². The fraction of sp³-hybridized carbons (Fsp3) is 0.316. The molecule has 0 bridgehead atoms. The summed E-state index contributed by atoms with van der Waals surface area (Å²) < 4.78 is 0. The van der Waals surface area contributed by atoms with Crippen LogP contribution >= 0.6 is 11.8 Å². The van der Waals surface area contributed by atoms with Gasteiger partial charge in [0.2, 0.25) is 0 Å². The highest BCUT2D eigenvalue weighted by molar-refractivity contribution is 8.13. The molecule has 0 aliphatic heterocycles. The minimum atomic E-state index is -0.658. The molecular formula is C19H23NO2S. The maximum atomic E-state index is 11.3. The lowest BCUT2D eigenvalue weighted by Crippen LogP contribution is -2.39. The van der Waals surface area contributed by atoms with Crippen LogP contribution in [0.2, 0.25) is 0 Å². The van der Waals surface area contributed by atoms with Gasteiger partial charge in [-0.25, -0.2) is 0 Å². The third-order valence-electron chi connectivity index (χ3n) is 3.75. The molecule has 0 spiro atoms. The van der Waals surface area contributed by atoms with Crippen molar-refractivity contribution >= 4 is 16.9 Å². The van der Waals surface area contributed by atoms with E-state index in [2.05, 4.69) is 24.4 Å². The highest BCUT2D eigenvalue weighted by Crippen LogP contribution is 2.23. The zero-order valence-electron chi connectivity index (χ0n) is 13.5. The van der Waals surface area contributed by atoms with Crippen molar-refractivity contribution < 1.29 is 9.90 Å². The average Bonchev–Trinajstić information content (AvgIpc) is 2.59. The zero-order valence-corrected chi connectivity index (χ0v) is 14.3. The van der Waals surface area contributed by atoms with Crippen LogP contribution in [0.25, 0.3) is 0 Å². The van der Waals surface area contributed by atoms with Crippen molar-refractivity contribution in [3.8, 4) is 0 Å². The number of benzene rings is 2. The number of nitrogens with one attached hydrogen (secondary N) is 1. The fourth-order valence-corrected chi connectivity index (χ4v) is 3.17. The van der Waals surface area contributed by atoms with E-state index < -0.39 is 6.10 Å². The van der Waals surface area contributed by atoms with Crippen molar-refractivity contribution in [2.45, 2.75) is 32.0 Å². The lowest BCUT2D eigenvalue weighted by Gasteiger charge is -2.27. The van der Waals surface area contributed by atoms with Crippen LogP contribution in [0.4, 0.5) is 0 Å². The summed E-state index contributed by atoms with van der Waals surface area (Å²) in [5.74, 6) is 0.530. The monoisotopic (exact) mass is 329 g/mol. The molecule has 2 aromatic carbocycles. The number of rotatable bonds is 7. The van der Waals surface area contributed by atoms with Gasteiger partial charge >= 0.3 is 0 Å². The second-order valence-electron chi connectivity index (χ2n) is 5.56. The molecule has 0 radical (unpaired) electrons. The third-order valence-corrected chi connectivity index (χ3v) is 4.68. The summed E-state index contributed by atoms with van der Waals surface area (Å²) >= 11 is 1.24. The number of hydrogen-bond donors (Lipinski definition) is 2. The molecule has 0 fully saturated rings. The maximum absolute atomic E-state index is 11.3. The van der Waals surface area contributed by atoms with Gasteiger partial charge in [0.05, 0.1) is 6.10 Å². The van der Waals surface area contributed by atoms with E-state index in [0.29, 0.717) is 5.75 Å². The summed E-state index contributed by atoms with van der Waals surface area (Å²) in [7, 11) is 0. The summed E-state index contributed by atoms with van der Waals surface area (Å²) in [6.45, 7) is 3.62. The molecule has 4 heteroatoms. The van der Waals surface area contributed by atoms with Gasteiger partial charge in [0.15, 0.2) is 5.12 Å². The maximum Gasteiger partial charge on any atom is 0.185 e. The van der Waals surface area contributed by atoms with Crippen molar-refractivity contribution in [1.82, 2.24) is 5.32 Å². The van der Waals surface area contributed by atoms with Gasteiger partial charge in [-0.2, -0.15) is 0 Å². The standard InChI is InChI=1S/C19H23NO2S/c1-14(16-9-5-3-6-10-16)20-18(13-23-15(2)21)19(22)17-11-7-4-8-12-17/h3-12,14,18-20,22H,13H2,1-2H3/t14-,18-,19+/m0/s1. The Labute approximate surface area is 142 Å². The van der Waals surface area contributed by atoms with E-state index in [1.807, 2.05) is 48.5 Å². The topological polar surface area (TPSA) is 49.3 Å². The molecule has 0 amide bonds. The third kappa shape index (κ3) is 5.50. The van der Waals surface area contributed by atoms with Gasteiger partial charge in [0.1, 0.15) is 0 Å². The summed E-state index contributed by atoms with van der Waals surface area (Å²) in [5, 5.41) is 14.2. The first-order chi connectivity index (χ1) is 11.1. The normalized spacial score (nSPS) is 14.9. The quantitative estimate of drug-likeness (QED) is 0.813. The molecule has 2 N–H and O–H groups in total. The van der Waals surface area contributed by atoms with Gasteiger partial charge in [-0.1, -0.05) is 72.4 Å². The molecule has 122 valence electrons. The van der Waals surface area contributed by atoms with E-state index in [1.165, 1.54) is 11.8 Å². The Morgan fingerprint density at radius 3 is 2.09 bits per heavy atom. The summed E-state index contributed by atoms with van der Waals surface area (Å²) in [4.78, 5) is 11.3. The van der Waals surface area contributed by atoms with Gasteiger partial charge in [-0.15, -0.1) is 0 Å². The Kier molecular flexibility index (Phi) is 6.84. The molecule has 3 atom stereocenters. The Hall–Kier alpha value is -1.62. The predicted octanol–water partition coefficient (Wildman–Crippen LogP) is 3.72. The van der Waals surface area contributed by atoms with E-state index in [1.54, 1.807) is 6.92 Å². The number of thioether (sulfide) groups is 1. The van der Waals surface area contributed by atoms with E-state index in [4.69, 9.17) is 0 Å². The van der Waals surface area contributed by atoms with Crippen molar-refractivity contribution in [2.24, 2.45) is 0 Å². The van der Waals surface area contributed by atoms with Crippen LogP contribution in [0.1, 0.15) is 37.1 Å². The fourth-order valence-electron chi connectivity index (χ4n) is 2.48. The summed E-state index contributed by atoms with van der Waals surface area (Å²) in [6, 6.07) is 19.5. The molecular weight excluding hydrogens is 306 g/mol. The second kappa shape index (κ2) is 8.87. The lowest BCUT2D eigenvalue weighted by atomic mass is 10.0. The van der Waals surface area contributed by atoms with Gasteiger partial charge in [-0.05, 0) is 18.1 Å². The van der Waals surface area contributed by atoms with E-state index in [9.17, 15) is 9.90 Å². The molecule has 0 unspecified atom stereocenters. The van der Waals surface area contributed by atoms with Gasteiger partial charge in [0, 0.05) is 24.8 Å². The highest BCUT2D eigenvalue weighted by Gasteiger charge is 2.23. The summed E-state index contributed by atoms with van der Waals surface area (Å²) in [6.07, 6.45) is -0.658. The van der Waals surface area contributed by atoms with Crippen molar-refractivity contribution in [3.05, 3.63) is 71.8 Å². The van der Waals surface area contributed by atoms with Gasteiger partial charge < -0.3 is 10.4 Å². The smallest absolute Gasteiger partial charge is 0.185 e. The number of carbonyl (C=O) groups is 1. The molecule has 2 aromatic rings. The number of aliphatic hydroxyl groups is 1. The van der Waals surface area contributed by atoms with Crippen molar-refractivity contribution in [1.29, 1.82) is 0 Å². The van der Waals surface area contributed by atoms with Crippen LogP contribution in [0, 0.1) is 0 Å². The number of hydrogen-bond acceptors (Lipinski definition) is 4. The van der Waals surface area contributed by atoms with E-state index >= 15 is 0 Å². The Morgan fingerprint density at radius 1 is 1.04 bits per heavy atom. The molecule has 0 heterocycles.